The van der Waals surface area contributed by atoms with Crippen LogP contribution in [0, 0.1) is 6.92 Å². The van der Waals surface area contributed by atoms with E-state index in [9.17, 15) is 4.79 Å². The van der Waals surface area contributed by atoms with E-state index < -0.39 is 0 Å². The molecule has 3 N–H and O–H groups in total. The van der Waals surface area contributed by atoms with Gasteiger partial charge in [-0.1, -0.05) is 0 Å². The minimum Gasteiger partial charge on any atom is -0.335 e. The number of aryl methyl sites for hydroxylation is 1. The molecular formula is C12H15N5O. The van der Waals surface area contributed by atoms with Crippen molar-refractivity contribution in [3.63, 3.8) is 0 Å². The van der Waals surface area contributed by atoms with Gasteiger partial charge in [0.25, 0.3) is 5.91 Å². The lowest BCUT2D eigenvalue weighted by atomic mass is 10.3. The van der Waals surface area contributed by atoms with Crippen molar-refractivity contribution in [2.24, 2.45) is 5.73 Å². The van der Waals surface area contributed by atoms with E-state index in [0.717, 1.165) is 5.69 Å². The molecule has 18 heavy (non-hydrogen) atoms. The Bertz CT molecular complexity index is 532. The van der Waals surface area contributed by atoms with E-state index in [1.165, 1.54) is 0 Å². The predicted molar refractivity (Wildman–Crippen MR) is 68.2 cm³/mol. The van der Waals surface area contributed by atoms with Crippen LogP contribution in [0.5, 0.6) is 0 Å². The van der Waals surface area contributed by atoms with Gasteiger partial charge in [0.05, 0.1) is 18.2 Å². The Balaban J connectivity index is 2.04. The van der Waals surface area contributed by atoms with Gasteiger partial charge < -0.3 is 15.6 Å². The molecule has 2 rings (SSSR count). The molecule has 1 amide bonds. The maximum atomic E-state index is 11.9. The van der Waals surface area contributed by atoms with Crippen molar-refractivity contribution in [1.29, 1.82) is 0 Å². The lowest BCUT2D eigenvalue weighted by molar-refractivity contribution is 0.102. The van der Waals surface area contributed by atoms with Crippen LogP contribution >= 0.6 is 0 Å². The van der Waals surface area contributed by atoms with Crippen LogP contribution in [0.2, 0.25) is 0 Å². The van der Waals surface area contributed by atoms with Crippen molar-refractivity contribution in [3.8, 4) is 0 Å². The van der Waals surface area contributed by atoms with Crippen LogP contribution in [0.15, 0.2) is 30.9 Å². The first-order valence-electron chi connectivity index (χ1n) is 5.65. The zero-order chi connectivity index (χ0) is 13.0. The molecule has 0 saturated heterocycles. The largest absolute Gasteiger partial charge is 0.335 e. The average Bonchev–Trinajstić information content (AvgIpc) is 2.81. The van der Waals surface area contributed by atoms with Gasteiger partial charge in [0.2, 0.25) is 0 Å². The first kappa shape index (κ1) is 12.3. The molecule has 94 valence electrons. The highest BCUT2D eigenvalue weighted by Gasteiger charge is 2.09. The molecule has 0 aliphatic carbocycles. The van der Waals surface area contributed by atoms with E-state index in [0.29, 0.717) is 24.5 Å². The number of nitrogens with zero attached hydrogens (tertiary/aromatic N) is 3. The molecule has 6 heteroatoms. The van der Waals surface area contributed by atoms with Crippen molar-refractivity contribution in [3.05, 3.63) is 42.2 Å². The van der Waals surface area contributed by atoms with Gasteiger partial charge in [-0.3, -0.25) is 9.78 Å². The van der Waals surface area contributed by atoms with E-state index in [1.54, 1.807) is 29.4 Å². The SMILES string of the molecule is Cc1ccc(NC(=O)c2cn(CCN)cn2)cn1. The summed E-state index contributed by atoms with van der Waals surface area (Å²) in [5, 5.41) is 2.73. The number of imidazole rings is 1. The summed E-state index contributed by atoms with van der Waals surface area (Å²) >= 11 is 0. The number of carbonyl (C=O) groups is 1. The van der Waals surface area contributed by atoms with Crippen LogP contribution in [-0.2, 0) is 6.54 Å². The molecule has 2 aromatic heterocycles. The highest BCUT2D eigenvalue weighted by atomic mass is 16.1. The summed E-state index contributed by atoms with van der Waals surface area (Å²) in [7, 11) is 0. The summed E-state index contributed by atoms with van der Waals surface area (Å²) in [4.78, 5) is 20.0. The van der Waals surface area contributed by atoms with Crippen LogP contribution in [0.1, 0.15) is 16.2 Å². The first-order chi connectivity index (χ1) is 8.69. The van der Waals surface area contributed by atoms with Gasteiger partial charge in [0, 0.05) is 25.0 Å². The van der Waals surface area contributed by atoms with Gasteiger partial charge >= 0.3 is 0 Å². The summed E-state index contributed by atoms with van der Waals surface area (Å²) in [6, 6.07) is 3.64. The number of anilines is 1. The van der Waals surface area contributed by atoms with Gasteiger partial charge in [-0.25, -0.2) is 4.98 Å². The lowest BCUT2D eigenvalue weighted by Gasteiger charge is -2.02. The quantitative estimate of drug-likeness (QED) is 0.834. The fraction of sp³-hybridized carbons (Fsp3) is 0.250. The maximum Gasteiger partial charge on any atom is 0.275 e. The number of nitrogens with two attached hydrogens (primary N) is 1. The lowest BCUT2D eigenvalue weighted by Crippen LogP contribution is -2.13. The van der Waals surface area contributed by atoms with E-state index in [4.69, 9.17) is 5.73 Å². The summed E-state index contributed by atoms with van der Waals surface area (Å²) in [5.74, 6) is -0.253. The summed E-state index contributed by atoms with van der Waals surface area (Å²) < 4.78 is 1.78. The molecule has 6 nitrogen and oxygen atoms in total. The Morgan fingerprint density at radius 3 is 2.94 bits per heavy atom. The predicted octanol–water partition coefficient (Wildman–Crippen LogP) is 0.798. The van der Waals surface area contributed by atoms with Crippen molar-refractivity contribution in [1.82, 2.24) is 14.5 Å². The molecule has 0 saturated carbocycles. The molecule has 0 unspecified atom stereocenters. The summed E-state index contributed by atoms with van der Waals surface area (Å²) in [6.07, 6.45) is 4.88. The molecule has 0 bridgehead atoms. The minimum atomic E-state index is -0.253. The number of aromatic nitrogens is 3. The normalized spacial score (nSPS) is 10.3. The van der Waals surface area contributed by atoms with Crippen LogP contribution < -0.4 is 11.1 Å². The first-order valence-corrected chi connectivity index (χ1v) is 5.65. The second-order valence-electron chi connectivity index (χ2n) is 3.93. The third-order valence-electron chi connectivity index (χ3n) is 2.42. The van der Waals surface area contributed by atoms with E-state index in [1.807, 2.05) is 13.0 Å². The van der Waals surface area contributed by atoms with Gasteiger partial charge in [0.1, 0.15) is 5.69 Å². The third kappa shape index (κ3) is 2.92. The Morgan fingerprint density at radius 2 is 2.28 bits per heavy atom. The summed E-state index contributed by atoms with van der Waals surface area (Å²) in [5.41, 5.74) is 7.35. The van der Waals surface area contributed by atoms with E-state index in [2.05, 4.69) is 15.3 Å². The number of nitrogens with one attached hydrogen (secondary N) is 1. The number of pyridine rings is 1. The smallest absolute Gasteiger partial charge is 0.275 e. The van der Waals surface area contributed by atoms with Crippen LogP contribution in [-0.4, -0.2) is 27.0 Å². The Labute approximate surface area is 105 Å². The van der Waals surface area contributed by atoms with Crippen LogP contribution in [0.3, 0.4) is 0 Å². The zero-order valence-electron chi connectivity index (χ0n) is 10.1. The molecule has 0 fully saturated rings. The van der Waals surface area contributed by atoms with E-state index >= 15 is 0 Å². The molecule has 0 radical (unpaired) electrons. The molecule has 0 aliphatic heterocycles. The highest BCUT2D eigenvalue weighted by Crippen LogP contribution is 2.07. The Morgan fingerprint density at radius 1 is 1.44 bits per heavy atom. The van der Waals surface area contributed by atoms with Gasteiger partial charge in [-0.2, -0.15) is 0 Å². The molecule has 0 aliphatic rings. The standard InChI is InChI=1S/C12H15N5O/c1-9-2-3-10(6-14-9)16-12(18)11-7-17(5-4-13)8-15-11/h2-3,6-8H,4-5,13H2,1H3,(H,16,18). The molecule has 0 aromatic carbocycles. The highest BCUT2D eigenvalue weighted by molar-refractivity contribution is 6.02. The Hall–Kier alpha value is -2.21. The topological polar surface area (TPSA) is 85.8 Å². The number of rotatable bonds is 4. The number of hydrogen-bond acceptors (Lipinski definition) is 4. The number of amides is 1. The molecule has 0 spiro atoms. The second kappa shape index (κ2) is 5.42. The fourth-order valence-corrected chi connectivity index (χ4v) is 1.49. The second-order valence-corrected chi connectivity index (χ2v) is 3.93. The monoisotopic (exact) mass is 245 g/mol. The maximum absolute atomic E-state index is 11.9. The van der Waals surface area contributed by atoms with Crippen molar-refractivity contribution < 1.29 is 4.79 Å². The number of hydrogen-bond donors (Lipinski definition) is 2. The molecular weight excluding hydrogens is 230 g/mol. The van der Waals surface area contributed by atoms with Crippen molar-refractivity contribution in [2.75, 3.05) is 11.9 Å². The van der Waals surface area contributed by atoms with E-state index in [-0.39, 0.29) is 5.91 Å². The molecule has 0 atom stereocenters. The average molecular weight is 245 g/mol. The van der Waals surface area contributed by atoms with Crippen molar-refractivity contribution >= 4 is 11.6 Å². The molecule has 2 aromatic rings. The van der Waals surface area contributed by atoms with Crippen LogP contribution in [0.4, 0.5) is 5.69 Å². The Kier molecular flexibility index (Phi) is 3.69. The van der Waals surface area contributed by atoms with Gasteiger partial charge in [-0.05, 0) is 19.1 Å². The van der Waals surface area contributed by atoms with Gasteiger partial charge in [-0.15, -0.1) is 0 Å². The third-order valence-corrected chi connectivity index (χ3v) is 2.42. The minimum absolute atomic E-state index is 0.253. The zero-order valence-corrected chi connectivity index (χ0v) is 10.1. The van der Waals surface area contributed by atoms with Crippen LogP contribution in [0.25, 0.3) is 0 Å². The number of carbonyl (C=O) groups excluding carboxylic acids is 1. The molecule has 2 heterocycles. The van der Waals surface area contributed by atoms with Gasteiger partial charge in [0.15, 0.2) is 0 Å². The fourth-order valence-electron chi connectivity index (χ4n) is 1.49. The van der Waals surface area contributed by atoms with Crippen molar-refractivity contribution in [2.45, 2.75) is 13.5 Å². The summed E-state index contributed by atoms with van der Waals surface area (Å²) in [6.45, 7) is 3.05.